The number of aliphatic imine (C=N–C) groups is 1. The summed E-state index contributed by atoms with van der Waals surface area (Å²) >= 11 is 9.23. The average Bonchev–Trinajstić information content (AvgIpc) is 2.29. The lowest BCUT2D eigenvalue weighted by Crippen LogP contribution is -2.16. The molecular weight excluding hydrogens is 293 g/mol. The van der Waals surface area contributed by atoms with Gasteiger partial charge in [0.05, 0.1) is 11.6 Å². The van der Waals surface area contributed by atoms with Gasteiger partial charge in [0.15, 0.2) is 6.29 Å². The molecule has 0 aromatic heterocycles. The Hall–Kier alpha value is -0.420. The lowest BCUT2D eigenvalue weighted by Gasteiger charge is -2.09. The van der Waals surface area contributed by atoms with Crippen LogP contribution in [0.1, 0.15) is 5.56 Å². The van der Waals surface area contributed by atoms with Crippen molar-refractivity contribution in [1.29, 1.82) is 0 Å². The fourth-order valence-electron chi connectivity index (χ4n) is 1.08. The van der Waals surface area contributed by atoms with Gasteiger partial charge in [-0.1, -0.05) is 17.7 Å². The van der Waals surface area contributed by atoms with Crippen LogP contribution >= 0.6 is 27.5 Å². The van der Waals surface area contributed by atoms with Gasteiger partial charge in [-0.15, -0.1) is 0 Å². The van der Waals surface area contributed by atoms with Gasteiger partial charge in [-0.05, 0) is 33.6 Å². The number of halogens is 2. The number of rotatable bonds is 5. The molecule has 0 amide bonds. The molecule has 1 aromatic rings. The molecule has 0 aliphatic heterocycles. The normalized spacial score (nSPS) is 11.6. The van der Waals surface area contributed by atoms with Crippen molar-refractivity contribution in [3.8, 4) is 0 Å². The molecule has 0 atom stereocenters. The van der Waals surface area contributed by atoms with E-state index in [0.717, 1.165) is 10.0 Å². The van der Waals surface area contributed by atoms with Gasteiger partial charge in [0.1, 0.15) is 0 Å². The van der Waals surface area contributed by atoms with Crippen LogP contribution in [0, 0.1) is 0 Å². The summed E-state index contributed by atoms with van der Waals surface area (Å²) in [5.41, 5.74) is 0.974. The minimum atomic E-state index is -0.299. The summed E-state index contributed by atoms with van der Waals surface area (Å²) in [6.07, 6.45) is 1.46. The van der Waals surface area contributed by atoms with Crippen molar-refractivity contribution in [2.24, 2.45) is 4.99 Å². The van der Waals surface area contributed by atoms with Gasteiger partial charge < -0.3 is 9.47 Å². The first-order valence-corrected chi connectivity index (χ1v) is 5.85. The number of ether oxygens (including phenoxy) is 2. The van der Waals surface area contributed by atoms with Crippen LogP contribution in [0.5, 0.6) is 0 Å². The van der Waals surface area contributed by atoms with Crippen LogP contribution in [-0.4, -0.2) is 33.3 Å². The van der Waals surface area contributed by atoms with Crippen molar-refractivity contribution in [2.45, 2.75) is 6.29 Å². The van der Waals surface area contributed by atoms with Gasteiger partial charge >= 0.3 is 0 Å². The first-order valence-electron chi connectivity index (χ1n) is 4.68. The summed E-state index contributed by atoms with van der Waals surface area (Å²) in [6.45, 7) is 0.466. The Morgan fingerprint density at radius 3 is 2.69 bits per heavy atom. The smallest absolute Gasteiger partial charge is 0.176 e. The molecule has 3 nitrogen and oxygen atoms in total. The van der Waals surface area contributed by atoms with E-state index < -0.39 is 0 Å². The molecule has 0 radical (unpaired) electrons. The van der Waals surface area contributed by atoms with Crippen LogP contribution < -0.4 is 0 Å². The quantitative estimate of drug-likeness (QED) is 0.618. The van der Waals surface area contributed by atoms with Crippen LogP contribution in [0.25, 0.3) is 0 Å². The molecule has 0 unspecified atom stereocenters. The van der Waals surface area contributed by atoms with Crippen molar-refractivity contribution in [1.82, 2.24) is 0 Å². The summed E-state index contributed by atoms with van der Waals surface area (Å²) in [6, 6.07) is 5.61. The fourth-order valence-corrected chi connectivity index (χ4v) is 1.60. The van der Waals surface area contributed by atoms with Crippen molar-refractivity contribution >= 4 is 33.7 Å². The molecule has 0 bridgehead atoms. The van der Waals surface area contributed by atoms with Gasteiger partial charge in [-0.2, -0.15) is 0 Å². The zero-order chi connectivity index (χ0) is 12.0. The Morgan fingerprint density at radius 2 is 2.12 bits per heavy atom. The maximum Gasteiger partial charge on any atom is 0.176 e. The largest absolute Gasteiger partial charge is 0.354 e. The Labute approximate surface area is 109 Å². The highest BCUT2D eigenvalue weighted by molar-refractivity contribution is 9.10. The number of benzene rings is 1. The second kappa shape index (κ2) is 7.01. The molecule has 0 saturated carbocycles. The summed E-state index contributed by atoms with van der Waals surface area (Å²) in [5.74, 6) is 0. The minimum absolute atomic E-state index is 0.299. The topological polar surface area (TPSA) is 30.8 Å². The second-order valence-corrected chi connectivity index (χ2v) is 4.33. The van der Waals surface area contributed by atoms with E-state index in [2.05, 4.69) is 20.9 Å². The fraction of sp³-hybridized carbons (Fsp3) is 0.364. The van der Waals surface area contributed by atoms with Crippen molar-refractivity contribution in [2.75, 3.05) is 20.8 Å². The maximum atomic E-state index is 5.88. The predicted molar refractivity (Wildman–Crippen MR) is 69.4 cm³/mol. The SMILES string of the molecule is COC(CN=Cc1ccc(Cl)c(Br)c1)OC. The van der Waals surface area contributed by atoms with Gasteiger partial charge in [-0.3, -0.25) is 4.99 Å². The molecule has 16 heavy (non-hydrogen) atoms. The predicted octanol–water partition coefficient (Wildman–Crippen LogP) is 3.14. The van der Waals surface area contributed by atoms with Crippen LogP contribution in [0.3, 0.4) is 0 Å². The monoisotopic (exact) mass is 305 g/mol. The Morgan fingerprint density at radius 1 is 1.44 bits per heavy atom. The van der Waals surface area contributed by atoms with E-state index in [0.29, 0.717) is 11.6 Å². The van der Waals surface area contributed by atoms with Gasteiger partial charge in [0, 0.05) is 24.9 Å². The lowest BCUT2D eigenvalue weighted by atomic mass is 10.2. The van der Waals surface area contributed by atoms with Crippen LogP contribution in [0.15, 0.2) is 27.7 Å². The highest BCUT2D eigenvalue weighted by Crippen LogP contribution is 2.22. The highest BCUT2D eigenvalue weighted by atomic mass is 79.9. The summed E-state index contributed by atoms with van der Waals surface area (Å²) in [7, 11) is 3.17. The standard InChI is InChI=1S/C11H13BrClNO2/c1-15-11(16-2)7-14-6-8-3-4-10(13)9(12)5-8/h3-6,11H,7H2,1-2H3. The molecule has 88 valence electrons. The summed E-state index contributed by atoms with van der Waals surface area (Å²) < 4.78 is 10.9. The Balaban J connectivity index is 2.59. The highest BCUT2D eigenvalue weighted by Gasteiger charge is 2.01. The van der Waals surface area contributed by atoms with Crippen molar-refractivity contribution in [3.05, 3.63) is 33.3 Å². The van der Waals surface area contributed by atoms with E-state index in [1.165, 1.54) is 0 Å². The molecular formula is C11H13BrClNO2. The zero-order valence-electron chi connectivity index (χ0n) is 9.11. The van der Waals surface area contributed by atoms with E-state index >= 15 is 0 Å². The third-order valence-corrected chi connectivity index (χ3v) is 3.18. The van der Waals surface area contributed by atoms with Crippen LogP contribution in [0.2, 0.25) is 5.02 Å². The summed E-state index contributed by atoms with van der Waals surface area (Å²) in [4.78, 5) is 4.22. The van der Waals surface area contributed by atoms with Crippen molar-refractivity contribution in [3.63, 3.8) is 0 Å². The minimum Gasteiger partial charge on any atom is -0.354 e. The number of hydrogen-bond donors (Lipinski definition) is 0. The van der Waals surface area contributed by atoms with Crippen LogP contribution in [0.4, 0.5) is 0 Å². The van der Waals surface area contributed by atoms with E-state index in [-0.39, 0.29) is 6.29 Å². The molecule has 0 spiro atoms. The first kappa shape index (κ1) is 13.6. The van der Waals surface area contributed by atoms with E-state index in [1.807, 2.05) is 18.2 Å². The molecule has 0 N–H and O–H groups in total. The molecule has 0 fully saturated rings. The molecule has 0 saturated heterocycles. The molecule has 0 aliphatic rings. The van der Waals surface area contributed by atoms with Gasteiger partial charge in [-0.25, -0.2) is 0 Å². The lowest BCUT2D eigenvalue weighted by molar-refractivity contribution is -0.0936. The van der Waals surface area contributed by atoms with E-state index in [1.54, 1.807) is 20.4 Å². The third-order valence-electron chi connectivity index (χ3n) is 1.96. The molecule has 1 rings (SSSR count). The van der Waals surface area contributed by atoms with Crippen molar-refractivity contribution < 1.29 is 9.47 Å². The summed E-state index contributed by atoms with van der Waals surface area (Å²) in [5, 5.41) is 0.684. The Kier molecular flexibility index (Phi) is 5.98. The number of nitrogens with zero attached hydrogens (tertiary/aromatic N) is 1. The zero-order valence-corrected chi connectivity index (χ0v) is 11.5. The molecule has 0 heterocycles. The first-order chi connectivity index (χ1) is 7.67. The number of methoxy groups -OCH3 is 2. The Bertz CT molecular complexity index is 367. The van der Waals surface area contributed by atoms with Gasteiger partial charge in [0.25, 0.3) is 0 Å². The molecule has 1 aromatic carbocycles. The molecule has 0 aliphatic carbocycles. The maximum absolute atomic E-state index is 5.88. The average molecular weight is 307 g/mol. The van der Waals surface area contributed by atoms with E-state index in [4.69, 9.17) is 21.1 Å². The van der Waals surface area contributed by atoms with E-state index in [9.17, 15) is 0 Å². The van der Waals surface area contributed by atoms with Gasteiger partial charge in [0.2, 0.25) is 0 Å². The molecule has 5 heteroatoms. The second-order valence-electron chi connectivity index (χ2n) is 3.07. The number of hydrogen-bond acceptors (Lipinski definition) is 3. The third kappa shape index (κ3) is 4.22. The van der Waals surface area contributed by atoms with Crippen LogP contribution in [-0.2, 0) is 9.47 Å².